The normalized spacial score (nSPS) is 13.2. The van der Waals surface area contributed by atoms with Crippen LogP contribution in [0.4, 0.5) is 0 Å². The lowest BCUT2D eigenvalue weighted by molar-refractivity contribution is -0.123. The first kappa shape index (κ1) is 17.1. The zero-order valence-corrected chi connectivity index (χ0v) is 14.1. The first-order valence-electron chi connectivity index (χ1n) is 7.28. The molecule has 122 valence electrons. The summed E-state index contributed by atoms with van der Waals surface area (Å²) < 4.78 is 4.86. The maximum Gasteiger partial charge on any atom is 0.255 e. The molecule has 1 aromatic carbocycles. The first-order chi connectivity index (χ1) is 11.0. The number of benzene rings is 1. The maximum atomic E-state index is 12.2. The quantitative estimate of drug-likeness (QED) is 0.798. The second-order valence-electron chi connectivity index (χ2n) is 5.21. The van der Waals surface area contributed by atoms with E-state index in [9.17, 15) is 9.59 Å². The van der Waals surface area contributed by atoms with Gasteiger partial charge in [0.1, 0.15) is 12.3 Å². The largest absolute Gasteiger partial charge is 0.472 e. The molecule has 2 atom stereocenters. The average Bonchev–Trinajstić information content (AvgIpc) is 3.09. The minimum absolute atomic E-state index is 0.133. The van der Waals surface area contributed by atoms with Crippen molar-refractivity contribution < 1.29 is 14.0 Å². The van der Waals surface area contributed by atoms with Gasteiger partial charge in [-0.25, -0.2) is 0 Å². The number of hydrogen-bond donors (Lipinski definition) is 2. The zero-order valence-electron chi connectivity index (χ0n) is 13.3. The monoisotopic (exact) mass is 332 g/mol. The van der Waals surface area contributed by atoms with Crippen molar-refractivity contribution in [2.45, 2.75) is 30.8 Å². The van der Waals surface area contributed by atoms with Gasteiger partial charge >= 0.3 is 0 Å². The van der Waals surface area contributed by atoms with E-state index in [1.165, 1.54) is 17.4 Å². The summed E-state index contributed by atoms with van der Waals surface area (Å²) in [5.41, 5.74) is 1.41. The van der Waals surface area contributed by atoms with E-state index in [4.69, 9.17) is 4.42 Å². The van der Waals surface area contributed by atoms with Crippen LogP contribution in [0, 0.1) is 0 Å². The molecule has 2 amide bonds. The van der Waals surface area contributed by atoms with E-state index in [0.717, 1.165) is 5.56 Å². The van der Waals surface area contributed by atoms with Crippen LogP contribution >= 0.6 is 11.8 Å². The molecule has 0 aliphatic carbocycles. The highest BCUT2D eigenvalue weighted by Gasteiger charge is 2.19. The van der Waals surface area contributed by atoms with Gasteiger partial charge in [-0.3, -0.25) is 9.59 Å². The topological polar surface area (TPSA) is 71.3 Å². The van der Waals surface area contributed by atoms with Crippen molar-refractivity contribution >= 4 is 23.6 Å². The molecule has 23 heavy (non-hydrogen) atoms. The lowest BCUT2D eigenvalue weighted by Gasteiger charge is -2.19. The molecule has 1 aromatic heterocycles. The lowest BCUT2D eigenvalue weighted by atomic mass is 10.1. The number of rotatable bonds is 6. The van der Waals surface area contributed by atoms with Crippen LogP contribution in [0.2, 0.25) is 0 Å². The average molecular weight is 332 g/mol. The highest BCUT2D eigenvalue weighted by Crippen LogP contribution is 2.18. The molecule has 2 aromatic rings. The van der Waals surface area contributed by atoms with E-state index in [-0.39, 0.29) is 17.9 Å². The Morgan fingerprint density at radius 1 is 1.09 bits per heavy atom. The molecular formula is C17H20N2O3S. The Balaban J connectivity index is 1.90. The molecule has 0 aliphatic rings. The number of hydrogen-bond acceptors (Lipinski definition) is 4. The molecule has 0 fully saturated rings. The molecule has 0 unspecified atom stereocenters. The van der Waals surface area contributed by atoms with E-state index in [0.29, 0.717) is 5.56 Å². The molecule has 2 rings (SSSR count). The SMILES string of the molecule is CSc1ccc([C@@H](C)NC(=O)[C@H](C)NC(=O)c2ccoc2)cc1. The van der Waals surface area contributed by atoms with Crippen LogP contribution in [-0.4, -0.2) is 24.1 Å². The van der Waals surface area contributed by atoms with Crippen molar-refractivity contribution in [1.82, 2.24) is 10.6 Å². The van der Waals surface area contributed by atoms with Gasteiger partial charge in [-0.2, -0.15) is 0 Å². The van der Waals surface area contributed by atoms with Crippen molar-refractivity contribution in [3.8, 4) is 0 Å². The summed E-state index contributed by atoms with van der Waals surface area (Å²) >= 11 is 1.67. The molecule has 2 N–H and O–H groups in total. The molecular weight excluding hydrogens is 312 g/mol. The fourth-order valence-electron chi connectivity index (χ4n) is 2.05. The molecule has 0 saturated heterocycles. The van der Waals surface area contributed by atoms with Gasteiger partial charge in [-0.15, -0.1) is 11.8 Å². The van der Waals surface area contributed by atoms with Crippen LogP contribution in [0.1, 0.15) is 35.8 Å². The summed E-state index contributed by atoms with van der Waals surface area (Å²) in [6, 6.07) is 8.81. The number of furan rings is 1. The summed E-state index contributed by atoms with van der Waals surface area (Å²) in [5.74, 6) is -0.568. The lowest BCUT2D eigenvalue weighted by Crippen LogP contribution is -2.45. The van der Waals surface area contributed by atoms with Crippen molar-refractivity contribution in [1.29, 1.82) is 0 Å². The van der Waals surface area contributed by atoms with Crippen molar-refractivity contribution in [2.24, 2.45) is 0 Å². The summed E-state index contributed by atoms with van der Waals surface area (Å²) in [5, 5.41) is 5.54. The molecule has 0 spiro atoms. The summed E-state index contributed by atoms with van der Waals surface area (Å²) in [6.07, 6.45) is 4.78. The number of carbonyl (C=O) groups excluding carboxylic acids is 2. The van der Waals surface area contributed by atoms with Crippen molar-refractivity contribution in [3.63, 3.8) is 0 Å². The predicted octanol–water partition coefficient (Wildman–Crippen LogP) is 3.00. The van der Waals surface area contributed by atoms with E-state index >= 15 is 0 Å². The van der Waals surface area contributed by atoms with Gasteiger partial charge in [0.25, 0.3) is 5.91 Å². The van der Waals surface area contributed by atoms with Crippen molar-refractivity contribution in [2.75, 3.05) is 6.26 Å². The number of amides is 2. The number of nitrogens with one attached hydrogen (secondary N) is 2. The summed E-state index contributed by atoms with van der Waals surface area (Å²) in [6.45, 7) is 3.56. The fourth-order valence-corrected chi connectivity index (χ4v) is 2.46. The Hall–Kier alpha value is -2.21. The van der Waals surface area contributed by atoms with Gasteiger partial charge in [-0.05, 0) is 43.9 Å². The van der Waals surface area contributed by atoms with Crippen molar-refractivity contribution in [3.05, 3.63) is 54.0 Å². The molecule has 0 bridgehead atoms. The third-order valence-corrected chi connectivity index (χ3v) is 4.24. The smallest absolute Gasteiger partial charge is 0.255 e. The van der Waals surface area contributed by atoms with Crippen LogP contribution in [0.15, 0.2) is 52.2 Å². The minimum atomic E-state index is -0.634. The van der Waals surface area contributed by atoms with Crippen LogP contribution in [0.5, 0.6) is 0 Å². The molecule has 5 nitrogen and oxygen atoms in total. The Morgan fingerprint density at radius 3 is 2.35 bits per heavy atom. The second-order valence-corrected chi connectivity index (χ2v) is 6.09. The third-order valence-electron chi connectivity index (χ3n) is 3.50. The minimum Gasteiger partial charge on any atom is -0.472 e. The Labute approximate surface area is 139 Å². The van der Waals surface area contributed by atoms with Gasteiger partial charge in [0.15, 0.2) is 0 Å². The van der Waals surface area contributed by atoms with Gasteiger partial charge in [0, 0.05) is 4.90 Å². The highest BCUT2D eigenvalue weighted by molar-refractivity contribution is 7.98. The second kappa shape index (κ2) is 7.87. The molecule has 0 aliphatic heterocycles. The van der Waals surface area contributed by atoms with Crippen LogP contribution in [0.25, 0.3) is 0 Å². The third kappa shape index (κ3) is 4.63. The first-order valence-corrected chi connectivity index (χ1v) is 8.51. The zero-order chi connectivity index (χ0) is 16.8. The fraction of sp³-hybridized carbons (Fsp3) is 0.294. The van der Waals surface area contributed by atoms with Gasteiger partial charge < -0.3 is 15.1 Å². The van der Waals surface area contributed by atoms with Crippen LogP contribution < -0.4 is 10.6 Å². The molecule has 0 radical (unpaired) electrons. The highest BCUT2D eigenvalue weighted by atomic mass is 32.2. The number of carbonyl (C=O) groups is 2. The van der Waals surface area contributed by atoms with E-state index in [2.05, 4.69) is 10.6 Å². The Kier molecular flexibility index (Phi) is 5.87. The van der Waals surface area contributed by atoms with Crippen LogP contribution in [-0.2, 0) is 4.79 Å². The summed E-state index contributed by atoms with van der Waals surface area (Å²) in [4.78, 5) is 25.3. The van der Waals surface area contributed by atoms with E-state index < -0.39 is 6.04 Å². The Bertz CT molecular complexity index is 653. The number of thioether (sulfide) groups is 1. The summed E-state index contributed by atoms with van der Waals surface area (Å²) in [7, 11) is 0. The van der Waals surface area contributed by atoms with E-state index in [1.807, 2.05) is 37.4 Å². The molecule has 1 heterocycles. The Morgan fingerprint density at radius 2 is 1.78 bits per heavy atom. The predicted molar refractivity (Wildman–Crippen MR) is 90.4 cm³/mol. The molecule has 6 heteroatoms. The van der Waals surface area contributed by atoms with Gasteiger partial charge in [0.2, 0.25) is 5.91 Å². The van der Waals surface area contributed by atoms with Crippen LogP contribution in [0.3, 0.4) is 0 Å². The van der Waals surface area contributed by atoms with Gasteiger partial charge in [-0.1, -0.05) is 12.1 Å². The van der Waals surface area contributed by atoms with Gasteiger partial charge in [0.05, 0.1) is 17.9 Å². The van der Waals surface area contributed by atoms with E-state index in [1.54, 1.807) is 24.8 Å². The standard InChI is InChI=1S/C17H20N2O3S/c1-11(13-4-6-15(23-3)7-5-13)18-16(20)12(2)19-17(21)14-8-9-22-10-14/h4-12H,1-3H3,(H,18,20)(H,19,21)/t11-,12+/m1/s1. The molecule has 0 saturated carbocycles. The maximum absolute atomic E-state index is 12.2.